The van der Waals surface area contributed by atoms with Crippen LogP contribution in [0, 0.1) is 0 Å². The summed E-state index contributed by atoms with van der Waals surface area (Å²) in [7, 11) is 0. The molecule has 0 aliphatic carbocycles. The molecule has 0 bridgehead atoms. The molecule has 2 amide bonds. The van der Waals surface area contributed by atoms with Crippen molar-refractivity contribution in [2.24, 2.45) is 0 Å². The van der Waals surface area contributed by atoms with Crippen LogP contribution in [0.25, 0.3) is 0 Å². The van der Waals surface area contributed by atoms with Crippen molar-refractivity contribution in [1.82, 2.24) is 10.2 Å². The van der Waals surface area contributed by atoms with E-state index in [1.807, 2.05) is 31.2 Å². The Morgan fingerprint density at radius 2 is 1.90 bits per heavy atom. The quantitative estimate of drug-likeness (QED) is 0.916. The maximum Gasteiger partial charge on any atom is 0.245 e. The van der Waals surface area contributed by atoms with Gasteiger partial charge in [-0.1, -0.05) is 41.4 Å². The fraction of sp³-hybridized carbons (Fsp3) is 0.467. The molecule has 0 saturated carbocycles. The Morgan fingerprint density at radius 1 is 1.25 bits per heavy atom. The van der Waals surface area contributed by atoms with E-state index in [0.717, 1.165) is 16.5 Å². The van der Waals surface area contributed by atoms with E-state index in [4.69, 9.17) is 0 Å². The van der Waals surface area contributed by atoms with Gasteiger partial charge in [0.25, 0.3) is 0 Å². The lowest BCUT2D eigenvalue weighted by molar-refractivity contribution is -0.149. The normalized spacial score (nSPS) is 22.9. The van der Waals surface area contributed by atoms with Gasteiger partial charge >= 0.3 is 0 Å². The van der Waals surface area contributed by atoms with Crippen LogP contribution in [0.1, 0.15) is 32.3 Å². The lowest BCUT2D eigenvalue weighted by Gasteiger charge is -2.38. The SMILES string of the molecule is CCCC1C(=O)NC(C)C(=O)N1Cc1ccc(Br)cc1. The van der Waals surface area contributed by atoms with Gasteiger partial charge in [-0.25, -0.2) is 0 Å². The molecule has 1 aliphatic rings. The Morgan fingerprint density at radius 3 is 2.50 bits per heavy atom. The van der Waals surface area contributed by atoms with Crippen LogP contribution in [-0.2, 0) is 16.1 Å². The molecular formula is C15H19BrN2O2. The van der Waals surface area contributed by atoms with Crippen LogP contribution in [0.4, 0.5) is 0 Å². The molecule has 1 saturated heterocycles. The number of carbonyl (C=O) groups excluding carboxylic acids is 2. The van der Waals surface area contributed by atoms with Crippen molar-refractivity contribution in [3.05, 3.63) is 34.3 Å². The molecule has 0 aromatic heterocycles. The molecule has 1 aromatic carbocycles. The van der Waals surface area contributed by atoms with Crippen LogP contribution in [0.5, 0.6) is 0 Å². The smallest absolute Gasteiger partial charge is 0.245 e. The van der Waals surface area contributed by atoms with Gasteiger partial charge in [-0.3, -0.25) is 9.59 Å². The van der Waals surface area contributed by atoms with Crippen LogP contribution < -0.4 is 5.32 Å². The van der Waals surface area contributed by atoms with Crippen molar-refractivity contribution < 1.29 is 9.59 Å². The molecule has 1 heterocycles. The van der Waals surface area contributed by atoms with Gasteiger partial charge < -0.3 is 10.2 Å². The molecule has 2 unspecified atom stereocenters. The Labute approximate surface area is 127 Å². The molecule has 2 rings (SSSR count). The number of hydrogen-bond acceptors (Lipinski definition) is 2. The average Bonchev–Trinajstić information content (AvgIpc) is 2.42. The van der Waals surface area contributed by atoms with E-state index < -0.39 is 6.04 Å². The molecular weight excluding hydrogens is 320 g/mol. The largest absolute Gasteiger partial charge is 0.343 e. The number of piperazine rings is 1. The number of rotatable bonds is 4. The first-order valence-corrected chi connectivity index (χ1v) is 7.67. The minimum atomic E-state index is -0.439. The van der Waals surface area contributed by atoms with E-state index in [1.54, 1.807) is 11.8 Å². The molecule has 0 radical (unpaired) electrons. The maximum atomic E-state index is 12.3. The predicted molar refractivity (Wildman–Crippen MR) is 81.0 cm³/mol. The number of nitrogens with zero attached hydrogens (tertiary/aromatic N) is 1. The summed E-state index contributed by atoms with van der Waals surface area (Å²) in [5, 5.41) is 2.75. The summed E-state index contributed by atoms with van der Waals surface area (Å²) >= 11 is 3.39. The fourth-order valence-corrected chi connectivity index (χ4v) is 2.71. The summed E-state index contributed by atoms with van der Waals surface area (Å²) in [6.45, 7) is 4.24. The molecule has 5 heteroatoms. The van der Waals surface area contributed by atoms with Crippen LogP contribution >= 0.6 is 15.9 Å². The number of carbonyl (C=O) groups is 2. The second-order valence-corrected chi connectivity index (χ2v) is 6.04. The van der Waals surface area contributed by atoms with E-state index in [2.05, 4.69) is 21.2 Å². The van der Waals surface area contributed by atoms with E-state index in [9.17, 15) is 9.59 Å². The lowest BCUT2D eigenvalue weighted by atomic mass is 10.0. The number of amides is 2. The van der Waals surface area contributed by atoms with Crippen molar-refractivity contribution in [1.29, 1.82) is 0 Å². The highest BCUT2D eigenvalue weighted by atomic mass is 79.9. The Kier molecular flexibility index (Phi) is 4.81. The molecule has 1 N–H and O–H groups in total. The Bertz CT molecular complexity index is 501. The maximum absolute atomic E-state index is 12.3. The Balaban J connectivity index is 2.21. The summed E-state index contributed by atoms with van der Waals surface area (Å²) in [6, 6.07) is 7.04. The summed E-state index contributed by atoms with van der Waals surface area (Å²) in [5.74, 6) is -0.0537. The number of nitrogens with one attached hydrogen (secondary N) is 1. The number of benzene rings is 1. The topological polar surface area (TPSA) is 49.4 Å². The molecule has 108 valence electrons. The van der Waals surface area contributed by atoms with Crippen LogP contribution in [-0.4, -0.2) is 28.8 Å². The molecule has 1 aliphatic heterocycles. The highest BCUT2D eigenvalue weighted by molar-refractivity contribution is 9.10. The van der Waals surface area contributed by atoms with Crippen molar-refractivity contribution in [3.8, 4) is 0 Å². The van der Waals surface area contributed by atoms with Crippen LogP contribution in [0.15, 0.2) is 28.7 Å². The summed E-state index contributed by atoms with van der Waals surface area (Å²) in [6.07, 6.45) is 1.57. The van der Waals surface area contributed by atoms with E-state index in [0.29, 0.717) is 13.0 Å². The third kappa shape index (κ3) is 3.20. The van der Waals surface area contributed by atoms with Gasteiger partial charge in [0.1, 0.15) is 12.1 Å². The monoisotopic (exact) mass is 338 g/mol. The van der Waals surface area contributed by atoms with Gasteiger partial charge in [0.2, 0.25) is 11.8 Å². The molecule has 1 fully saturated rings. The van der Waals surface area contributed by atoms with E-state index in [-0.39, 0.29) is 17.9 Å². The zero-order valence-corrected chi connectivity index (χ0v) is 13.3. The van der Waals surface area contributed by atoms with E-state index in [1.165, 1.54) is 0 Å². The fourth-order valence-electron chi connectivity index (χ4n) is 2.45. The number of halogens is 1. The first kappa shape index (κ1) is 15.0. The number of hydrogen-bond donors (Lipinski definition) is 1. The van der Waals surface area contributed by atoms with Gasteiger partial charge in [0.05, 0.1) is 0 Å². The molecule has 0 spiro atoms. The zero-order valence-electron chi connectivity index (χ0n) is 11.7. The minimum Gasteiger partial charge on any atom is -0.343 e. The van der Waals surface area contributed by atoms with Gasteiger partial charge in [-0.2, -0.15) is 0 Å². The van der Waals surface area contributed by atoms with Crippen LogP contribution in [0.2, 0.25) is 0 Å². The second kappa shape index (κ2) is 6.39. The van der Waals surface area contributed by atoms with Crippen molar-refractivity contribution in [2.75, 3.05) is 0 Å². The Hall–Kier alpha value is -1.36. The molecule has 2 atom stereocenters. The molecule has 1 aromatic rings. The molecule has 4 nitrogen and oxygen atoms in total. The first-order valence-electron chi connectivity index (χ1n) is 6.88. The van der Waals surface area contributed by atoms with Gasteiger partial charge in [-0.05, 0) is 31.0 Å². The van der Waals surface area contributed by atoms with Gasteiger partial charge in [-0.15, -0.1) is 0 Å². The van der Waals surface area contributed by atoms with E-state index >= 15 is 0 Å². The van der Waals surface area contributed by atoms with Gasteiger partial charge in [0, 0.05) is 11.0 Å². The molecule has 20 heavy (non-hydrogen) atoms. The summed E-state index contributed by atoms with van der Waals surface area (Å²) in [5.41, 5.74) is 1.03. The van der Waals surface area contributed by atoms with Crippen LogP contribution in [0.3, 0.4) is 0 Å². The second-order valence-electron chi connectivity index (χ2n) is 5.13. The third-order valence-electron chi connectivity index (χ3n) is 3.52. The van der Waals surface area contributed by atoms with Gasteiger partial charge in [0.15, 0.2) is 0 Å². The highest BCUT2D eigenvalue weighted by Gasteiger charge is 2.37. The predicted octanol–water partition coefficient (Wildman–Crippen LogP) is 2.46. The minimum absolute atomic E-state index is 0.00836. The third-order valence-corrected chi connectivity index (χ3v) is 4.05. The zero-order chi connectivity index (χ0) is 14.7. The summed E-state index contributed by atoms with van der Waals surface area (Å²) in [4.78, 5) is 26.1. The standard InChI is InChI=1S/C15H19BrN2O2/c1-3-4-13-14(19)17-10(2)15(20)18(13)9-11-5-7-12(16)8-6-11/h5-8,10,13H,3-4,9H2,1-2H3,(H,17,19). The lowest BCUT2D eigenvalue weighted by Crippen LogP contribution is -2.61. The van der Waals surface area contributed by atoms with Crippen molar-refractivity contribution in [2.45, 2.75) is 45.3 Å². The highest BCUT2D eigenvalue weighted by Crippen LogP contribution is 2.19. The average molecular weight is 339 g/mol. The van der Waals surface area contributed by atoms with Crippen molar-refractivity contribution in [3.63, 3.8) is 0 Å². The first-order chi connectivity index (χ1) is 9.52. The summed E-state index contributed by atoms with van der Waals surface area (Å²) < 4.78 is 1.00. The van der Waals surface area contributed by atoms with Crippen molar-refractivity contribution >= 4 is 27.7 Å².